The number of fused-ring (bicyclic) bond motifs is 3. The minimum Gasteiger partial charge on any atom is -0.497 e. The molecule has 1 aliphatic rings. The lowest BCUT2D eigenvalue weighted by atomic mass is 10.2. The average Bonchev–Trinajstić information content (AvgIpc) is 2.75. The predicted octanol–water partition coefficient (Wildman–Crippen LogP) is 2.39. The van der Waals surface area contributed by atoms with Gasteiger partial charge in [-0.3, -0.25) is 4.99 Å². The summed E-state index contributed by atoms with van der Waals surface area (Å²) in [6.45, 7) is 2.00. The van der Waals surface area contributed by atoms with Crippen LogP contribution in [0.5, 0.6) is 5.75 Å². The van der Waals surface area contributed by atoms with Gasteiger partial charge in [-0.05, 0) is 24.3 Å². The maximum atomic E-state index is 5.28. The van der Waals surface area contributed by atoms with Crippen LogP contribution in [0.25, 0.3) is 10.9 Å². The number of hydrogen-bond donors (Lipinski definition) is 0. The van der Waals surface area contributed by atoms with E-state index in [2.05, 4.69) is 39.7 Å². The first-order valence-corrected chi connectivity index (χ1v) is 6.10. The largest absolute Gasteiger partial charge is 0.497 e. The Hall–Kier alpha value is -1.68. The van der Waals surface area contributed by atoms with Crippen LogP contribution < -0.4 is 4.74 Å². The normalized spacial score (nSPS) is 16.4. The zero-order valence-electron chi connectivity index (χ0n) is 11.4. The molecule has 1 aromatic carbocycles. The van der Waals surface area contributed by atoms with Crippen LogP contribution in [-0.4, -0.2) is 43.1 Å². The second-order valence-corrected chi connectivity index (χ2v) is 4.57. The van der Waals surface area contributed by atoms with E-state index in [1.54, 1.807) is 7.11 Å². The highest BCUT2D eigenvalue weighted by Crippen LogP contribution is 2.27. The van der Waals surface area contributed by atoms with Crippen LogP contribution in [0.3, 0.4) is 0 Å². The van der Waals surface area contributed by atoms with Crippen LogP contribution in [0.2, 0.25) is 0 Å². The van der Waals surface area contributed by atoms with Crippen molar-refractivity contribution in [3.63, 3.8) is 0 Å². The van der Waals surface area contributed by atoms with Gasteiger partial charge in [-0.2, -0.15) is 0 Å². The molecule has 0 bridgehead atoms. The number of aromatic nitrogens is 1. The molecular formula is C14H18ClN3O. The summed E-state index contributed by atoms with van der Waals surface area (Å²) in [5, 5.41) is 1.21. The minimum absolute atomic E-state index is 0. The molecule has 0 saturated carbocycles. The molecule has 0 aliphatic carbocycles. The first-order chi connectivity index (χ1) is 8.74. The predicted molar refractivity (Wildman–Crippen MR) is 80.8 cm³/mol. The molecule has 0 atom stereocenters. The molecule has 0 spiro atoms. The first-order valence-electron chi connectivity index (χ1n) is 6.10. The number of rotatable bonds is 1. The fourth-order valence-corrected chi connectivity index (χ4v) is 2.64. The molecule has 0 amide bonds. The molecule has 0 saturated heterocycles. The van der Waals surface area contributed by atoms with E-state index >= 15 is 0 Å². The van der Waals surface area contributed by atoms with E-state index in [-0.39, 0.29) is 12.4 Å². The van der Waals surface area contributed by atoms with Crippen molar-refractivity contribution in [2.45, 2.75) is 6.54 Å². The molecule has 0 radical (unpaired) electrons. The summed E-state index contributed by atoms with van der Waals surface area (Å²) >= 11 is 0. The number of hydrogen-bond acceptors (Lipinski definition) is 2. The number of aliphatic imine (C=N–C) groups is 1. The second-order valence-electron chi connectivity index (χ2n) is 4.57. The van der Waals surface area contributed by atoms with Crippen LogP contribution >= 0.6 is 12.4 Å². The Labute approximate surface area is 119 Å². The number of ether oxygens (including phenoxy) is 1. The lowest BCUT2D eigenvalue weighted by molar-refractivity contribution is 0.415. The highest BCUT2D eigenvalue weighted by atomic mass is 35.5. The molecule has 3 rings (SSSR count). The zero-order chi connectivity index (χ0) is 12.7. The molecule has 4 nitrogen and oxygen atoms in total. The van der Waals surface area contributed by atoms with Crippen LogP contribution in [0.15, 0.2) is 29.3 Å². The Balaban J connectivity index is 0.00000133. The fraction of sp³-hybridized carbons (Fsp3) is 0.357. The Bertz CT molecular complexity index is 633. The molecule has 0 unspecified atom stereocenters. The van der Waals surface area contributed by atoms with E-state index in [0.29, 0.717) is 0 Å². The molecule has 19 heavy (non-hydrogen) atoms. The van der Waals surface area contributed by atoms with Crippen LogP contribution in [0.1, 0.15) is 5.69 Å². The van der Waals surface area contributed by atoms with Gasteiger partial charge in [0.2, 0.25) is 0 Å². The summed E-state index contributed by atoms with van der Waals surface area (Å²) in [5.74, 6) is 1.95. The summed E-state index contributed by atoms with van der Waals surface area (Å²) in [6.07, 6.45) is 0. The van der Waals surface area contributed by atoms with Crippen LogP contribution in [0.4, 0.5) is 0 Å². The first kappa shape index (κ1) is 13.7. The van der Waals surface area contributed by atoms with Crippen molar-refractivity contribution in [2.75, 3.05) is 27.7 Å². The van der Waals surface area contributed by atoms with Crippen molar-refractivity contribution in [1.82, 2.24) is 9.47 Å². The standard InChI is InChI=1S/C14H17N3O.ClH/c1-15-14-13-9-10-8-11(18-3)4-5-12(10)17(13)7-6-16(14)2;/h4-5,8-9H,6-7H2,1-3H3;1H. The van der Waals surface area contributed by atoms with Crippen molar-refractivity contribution < 1.29 is 4.74 Å². The summed E-state index contributed by atoms with van der Waals surface area (Å²) in [4.78, 5) is 6.60. The summed E-state index contributed by atoms with van der Waals surface area (Å²) in [5.41, 5.74) is 2.44. The van der Waals surface area contributed by atoms with Crippen molar-refractivity contribution in [3.8, 4) is 5.75 Å². The number of methoxy groups -OCH3 is 1. The van der Waals surface area contributed by atoms with Gasteiger partial charge in [-0.25, -0.2) is 0 Å². The van der Waals surface area contributed by atoms with Crippen molar-refractivity contribution in [3.05, 3.63) is 30.0 Å². The fourth-order valence-electron chi connectivity index (χ4n) is 2.64. The van der Waals surface area contributed by atoms with Gasteiger partial charge >= 0.3 is 0 Å². The molecule has 5 heteroatoms. The van der Waals surface area contributed by atoms with Gasteiger partial charge in [-0.15, -0.1) is 12.4 Å². The van der Waals surface area contributed by atoms with Gasteiger partial charge in [0.25, 0.3) is 0 Å². The minimum atomic E-state index is 0. The van der Waals surface area contributed by atoms with Crippen molar-refractivity contribution in [1.29, 1.82) is 0 Å². The van der Waals surface area contributed by atoms with Gasteiger partial charge in [0.15, 0.2) is 0 Å². The topological polar surface area (TPSA) is 29.8 Å². The number of likely N-dealkylation sites (N-methyl/N-ethyl adjacent to an activating group) is 1. The van der Waals surface area contributed by atoms with Gasteiger partial charge in [0.05, 0.1) is 12.8 Å². The highest BCUT2D eigenvalue weighted by molar-refractivity contribution is 6.02. The van der Waals surface area contributed by atoms with E-state index in [1.807, 2.05) is 13.1 Å². The van der Waals surface area contributed by atoms with Crippen molar-refractivity contribution >= 4 is 29.1 Å². The zero-order valence-corrected chi connectivity index (χ0v) is 12.2. The summed E-state index contributed by atoms with van der Waals surface area (Å²) < 4.78 is 7.61. The quantitative estimate of drug-likeness (QED) is 0.802. The molecule has 2 heterocycles. The average molecular weight is 280 g/mol. The van der Waals surface area contributed by atoms with E-state index in [9.17, 15) is 0 Å². The lowest BCUT2D eigenvalue weighted by Gasteiger charge is -2.28. The summed E-state index contributed by atoms with van der Waals surface area (Å²) in [6, 6.07) is 8.40. The molecule has 102 valence electrons. The van der Waals surface area contributed by atoms with Gasteiger partial charge in [0, 0.05) is 38.1 Å². The van der Waals surface area contributed by atoms with Gasteiger partial charge in [0.1, 0.15) is 11.6 Å². The Kier molecular flexibility index (Phi) is 3.71. The molecule has 1 aromatic heterocycles. The molecule has 2 aromatic rings. The van der Waals surface area contributed by atoms with E-state index in [1.165, 1.54) is 16.6 Å². The number of nitrogens with zero attached hydrogens (tertiary/aromatic N) is 3. The van der Waals surface area contributed by atoms with E-state index in [4.69, 9.17) is 4.74 Å². The third kappa shape index (κ3) is 2.06. The molecule has 0 fully saturated rings. The Morgan fingerprint density at radius 3 is 2.68 bits per heavy atom. The number of halogens is 1. The monoisotopic (exact) mass is 279 g/mol. The number of amidine groups is 1. The number of benzene rings is 1. The van der Waals surface area contributed by atoms with Crippen LogP contribution in [-0.2, 0) is 6.54 Å². The maximum Gasteiger partial charge on any atom is 0.147 e. The Morgan fingerprint density at radius 1 is 1.21 bits per heavy atom. The second kappa shape index (κ2) is 5.13. The third-order valence-corrected chi connectivity index (χ3v) is 3.57. The maximum absolute atomic E-state index is 5.28. The van der Waals surface area contributed by atoms with Gasteiger partial charge < -0.3 is 14.2 Å². The Morgan fingerprint density at radius 2 is 2.00 bits per heavy atom. The van der Waals surface area contributed by atoms with E-state index in [0.717, 1.165) is 24.7 Å². The molecule has 0 N–H and O–H groups in total. The molecule has 1 aliphatic heterocycles. The SMILES string of the molecule is CN=C1c2cc3cc(OC)ccc3n2CCN1C.Cl. The lowest BCUT2D eigenvalue weighted by Crippen LogP contribution is -2.37. The van der Waals surface area contributed by atoms with Crippen molar-refractivity contribution in [2.24, 2.45) is 4.99 Å². The highest BCUT2D eigenvalue weighted by Gasteiger charge is 2.21. The third-order valence-electron chi connectivity index (χ3n) is 3.57. The smallest absolute Gasteiger partial charge is 0.147 e. The van der Waals surface area contributed by atoms with E-state index < -0.39 is 0 Å². The molecular weight excluding hydrogens is 262 g/mol. The van der Waals surface area contributed by atoms with Crippen LogP contribution in [0, 0.1) is 0 Å². The summed E-state index contributed by atoms with van der Waals surface area (Å²) in [7, 11) is 5.63. The van der Waals surface area contributed by atoms with Gasteiger partial charge in [-0.1, -0.05) is 0 Å².